The van der Waals surface area contributed by atoms with Gasteiger partial charge in [0.05, 0.1) is 23.3 Å². The maximum Gasteiger partial charge on any atom is 0.293 e. The summed E-state index contributed by atoms with van der Waals surface area (Å²) in [5.41, 5.74) is 1.47. The molecule has 0 aliphatic rings. The predicted molar refractivity (Wildman–Crippen MR) is 110 cm³/mol. The van der Waals surface area contributed by atoms with Gasteiger partial charge in [-0.15, -0.1) is 10.2 Å². The lowest BCUT2D eigenvalue weighted by Crippen LogP contribution is -2.16. The van der Waals surface area contributed by atoms with Crippen LogP contribution < -0.4 is 10.1 Å². The third-order valence-electron chi connectivity index (χ3n) is 4.23. The van der Waals surface area contributed by atoms with Crippen molar-refractivity contribution in [2.24, 2.45) is 7.05 Å². The van der Waals surface area contributed by atoms with Crippen LogP contribution in [-0.4, -0.2) is 38.5 Å². The number of methoxy groups -OCH3 is 1. The summed E-state index contributed by atoms with van der Waals surface area (Å²) in [6.07, 6.45) is 0. The van der Waals surface area contributed by atoms with Crippen LogP contribution in [0.2, 0.25) is 0 Å². The Morgan fingerprint density at radius 2 is 2.00 bits per heavy atom. The van der Waals surface area contributed by atoms with Crippen molar-refractivity contribution in [2.45, 2.75) is 12.1 Å². The Kier molecular flexibility index (Phi) is 6.13. The van der Waals surface area contributed by atoms with E-state index in [-0.39, 0.29) is 23.0 Å². The number of hydrogen-bond donors (Lipinski definition) is 1. The molecule has 0 spiro atoms. The van der Waals surface area contributed by atoms with E-state index in [1.807, 2.05) is 24.3 Å². The van der Waals surface area contributed by atoms with E-state index in [9.17, 15) is 14.9 Å². The van der Waals surface area contributed by atoms with Crippen LogP contribution in [0.3, 0.4) is 0 Å². The van der Waals surface area contributed by atoms with Gasteiger partial charge in [-0.25, -0.2) is 0 Å². The fourth-order valence-corrected chi connectivity index (χ4v) is 3.49. The molecule has 0 atom stereocenters. The first-order chi connectivity index (χ1) is 13.9. The second-order valence-electron chi connectivity index (χ2n) is 6.13. The van der Waals surface area contributed by atoms with Crippen LogP contribution in [0.1, 0.15) is 5.56 Å². The maximum atomic E-state index is 12.4. The van der Waals surface area contributed by atoms with Gasteiger partial charge in [-0.2, -0.15) is 0 Å². The first-order valence-electron chi connectivity index (χ1n) is 8.61. The number of anilines is 1. The summed E-state index contributed by atoms with van der Waals surface area (Å²) in [4.78, 5) is 23.0. The van der Waals surface area contributed by atoms with Gasteiger partial charge in [0.25, 0.3) is 5.69 Å². The minimum Gasteiger partial charge on any atom is -0.496 e. The van der Waals surface area contributed by atoms with Crippen LogP contribution in [0.15, 0.2) is 47.6 Å². The van der Waals surface area contributed by atoms with E-state index >= 15 is 0 Å². The molecular weight excluding hydrogens is 394 g/mol. The van der Waals surface area contributed by atoms with Crippen LogP contribution in [0.4, 0.5) is 11.4 Å². The Morgan fingerprint density at radius 1 is 1.24 bits per heavy atom. The Hall–Kier alpha value is -3.40. The molecule has 0 aliphatic heterocycles. The van der Waals surface area contributed by atoms with Gasteiger partial charge < -0.3 is 14.6 Å². The average molecular weight is 413 g/mol. The molecule has 0 saturated carbocycles. The Morgan fingerprint density at radius 3 is 2.72 bits per heavy atom. The first-order valence-corrected chi connectivity index (χ1v) is 9.60. The molecule has 1 aromatic heterocycles. The molecule has 29 heavy (non-hydrogen) atoms. The predicted octanol–water partition coefficient (Wildman–Crippen LogP) is 3.44. The number of aryl methyl sites for hydroxylation is 1. The zero-order valence-electron chi connectivity index (χ0n) is 16.1. The molecule has 1 amide bonds. The highest BCUT2D eigenvalue weighted by Gasteiger charge is 2.19. The lowest BCUT2D eigenvalue weighted by Gasteiger charge is -2.09. The molecule has 1 heterocycles. The second-order valence-corrected chi connectivity index (χ2v) is 7.07. The van der Waals surface area contributed by atoms with Crippen LogP contribution >= 0.6 is 11.8 Å². The van der Waals surface area contributed by atoms with Crippen LogP contribution in [0.25, 0.3) is 11.4 Å². The van der Waals surface area contributed by atoms with E-state index in [1.54, 1.807) is 37.8 Å². The molecule has 0 saturated heterocycles. The van der Waals surface area contributed by atoms with Gasteiger partial charge in [0.15, 0.2) is 11.0 Å². The summed E-state index contributed by atoms with van der Waals surface area (Å²) in [5, 5.41) is 22.7. The molecule has 0 bridgehead atoms. The van der Waals surface area contributed by atoms with Crippen molar-refractivity contribution in [3.05, 3.63) is 58.1 Å². The molecule has 9 nitrogen and oxygen atoms in total. The highest BCUT2D eigenvalue weighted by Crippen LogP contribution is 2.31. The summed E-state index contributed by atoms with van der Waals surface area (Å²) in [6.45, 7) is 1.71. The number of nitrogens with zero attached hydrogens (tertiary/aromatic N) is 4. The van der Waals surface area contributed by atoms with Crippen molar-refractivity contribution in [3.8, 4) is 17.1 Å². The molecule has 0 fully saturated rings. The van der Waals surface area contributed by atoms with Crippen molar-refractivity contribution in [1.29, 1.82) is 0 Å². The molecule has 3 rings (SSSR count). The third-order valence-corrected chi connectivity index (χ3v) is 5.25. The monoisotopic (exact) mass is 413 g/mol. The number of para-hydroxylation sites is 2. The fraction of sp³-hybridized carbons (Fsp3) is 0.211. The standard InChI is InChI=1S/C19H19N5O4S/c1-12-7-6-9-14(24(26)27)17(12)20-16(25)11-29-19-22-21-18(23(19)2)13-8-4-5-10-15(13)28-3/h4-10H,11H2,1-3H3,(H,20,25). The highest BCUT2D eigenvalue weighted by molar-refractivity contribution is 7.99. The van der Waals surface area contributed by atoms with Gasteiger partial charge in [0.1, 0.15) is 11.4 Å². The van der Waals surface area contributed by atoms with Crippen LogP contribution in [0, 0.1) is 17.0 Å². The molecular formula is C19H19N5O4S. The molecule has 1 N–H and O–H groups in total. The van der Waals surface area contributed by atoms with E-state index < -0.39 is 4.92 Å². The summed E-state index contributed by atoms with van der Waals surface area (Å²) in [7, 11) is 3.38. The quantitative estimate of drug-likeness (QED) is 0.359. The number of aromatic nitrogens is 3. The second kappa shape index (κ2) is 8.74. The lowest BCUT2D eigenvalue weighted by atomic mass is 10.1. The molecule has 3 aromatic rings. The molecule has 0 aliphatic carbocycles. The van der Waals surface area contributed by atoms with Gasteiger partial charge in [-0.05, 0) is 24.6 Å². The SMILES string of the molecule is COc1ccccc1-c1nnc(SCC(=O)Nc2c(C)cccc2[N+](=O)[O-])n1C. The highest BCUT2D eigenvalue weighted by atomic mass is 32.2. The molecule has 0 radical (unpaired) electrons. The van der Waals surface area contributed by atoms with Crippen molar-refractivity contribution in [3.63, 3.8) is 0 Å². The minimum atomic E-state index is -0.516. The smallest absolute Gasteiger partial charge is 0.293 e. The van der Waals surface area contributed by atoms with Gasteiger partial charge in [-0.1, -0.05) is 36.0 Å². The number of ether oxygens (including phenoxy) is 1. The van der Waals surface area contributed by atoms with Gasteiger partial charge >= 0.3 is 0 Å². The largest absolute Gasteiger partial charge is 0.496 e. The zero-order chi connectivity index (χ0) is 21.0. The number of hydrogen-bond acceptors (Lipinski definition) is 7. The number of amides is 1. The maximum absolute atomic E-state index is 12.4. The topological polar surface area (TPSA) is 112 Å². The number of nitro benzene ring substituents is 1. The van der Waals surface area contributed by atoms with E-state index in [0.29, 0.717) is 22.3 Å². The number of carbonyl (C=O) groups is 1. The van der Waals surface area contributed by atoms with Crippen molar-refractivity contribution < 1.29 is 14.5 Å². The summed E-state index contributed by atoms with van der Waals surface area (Å²) in [6, 6.07) is 12.1. The lowest BCUT2D eigenvalue weighted by molar-refractivity contribution is -0.384. The Bertz CT molecular complexity index is 1070. The number of benzene rings is 2. The summed E-state index contributed by atoms with van der Waals surface area (Å²) < 4.78 is 7.13. The van der Waals surface area contributed by atoms with Gasteiger partial charge in [-0.3, -0.25) is 14.9 Å². The molecule has 0 unspecified atom stereocenters. The number of carbonyl (C=O) groups excluding carboxylic acids is 1. The van der Waals surface area contributed by atoms with Crippen LogP contribution in [-0.2, 0) is 11.8 Å². The number of thioether (sulfide) groups is 1. The minimum absolute atomic E-state index is 0.0311. The van der Waals surface area contributed by atoms with Gasteiger partial charge in [0.2, 0.25) is 5.91 Å². The zero-order valence-corrected chi connectivity index (χ0v) is 16.9. The molecule has 2 aromatic carbocycles. The Labute approximate surface area is 171 Å². The third kappa shape index (κ3) is 4.37. The molecule has 10 heteroatoms. The van der Waals surface area contributed by atoms with Crippen molar-refractivity contribution >= 4 is 29.0 Å². The number of nitrogens with one attached hydrogen (secondary N) is 1. The average Bonchev–Trinajstić information content (AvgIpc) is 3.08. The first kappa shape index (κ1) is 20.3. The van der Waals surface area contributed by atoms with E-state index in [1.165, 1.54) is 17.8 Å². The van der Waals surface area contributed by atoms with Gasteiger partial charge in [0, 0.05) is 13.1 Å². The fourth-order valence-electron chi connectivity index (χ4n) is 2.78. The summed E-state index contributed by atoms with van der Waals surface area (Å²) in [5.74, 6) is 0.946. The normalized spacial score (nSPS) is 10.6. The molecule has 150 valence electrons. The number of rotatable bonds is 7. The van der Waals surface area contributed by atoms with E-state index in [4.69, 9.17) is 4.74 Å². The summed E-state index contributed by atoms with van der Waals surface area (Å²) >= 11 is 1.19. The van der Waals surface area contributed by atoms with Crippen LogP contribution in [0.5, 0.6) is 5.75 Å². The van der Waals surface area contributed by atoms with Crippen molar-refractivity contribution in [1.82, 2.24) is 14.8 Å². The van der Waals surface area contributed by atoms with E-state index in [2.05, 4.69) is 15.5 Å². The van der Waals surface area contributed by atoms with Crippen molar-refractivity contribution in [2.75, 3.05) is 18.2 Å². The van der Waals surface area contributed by atoms with E-state index in [0.717, 1.165) is 5.56 Å². The number of nitro groups is 1. The Balaban J connectivity index is 1.73.